The predicted octanol–water partition coefficient (Wildman–Crippen LogP) is 4.79. The summed E-state index contributed by atoms with van der Waals surface area (Å²) in [5, 5.41) is 12.2. The van der Waals surface area contributed by atoms with Gasteiger partial charge in [0.1, 0.15) is 0 Å². The molecule has 20 heavy (non-hydrogen) atoms. The van der Waals surface area contributed by atoms with Crippen molar-refractivity contribution in [3.8, 4) is 9.75 Å². The van der Waals surface area contributed by atoms with Crippen LogP contribution in [0.2, 0.25) is 5.02 Å². The molecule has 0 aliphatic heterocycles. The maximum absolute atomic E-state index is 11.4. The van der Waals surface area contributed by atoms with E-state index in [2.05, 4.69) is 0 Å². The molecular formula is C14H7ClO3S2. The van der Waals surface area contributed by atoms with E-state index in [0.717, 1.165) is 16.4 Å². The molecule has 0 aliphatic rings. The lowest BCUT2D eigenvalue weighted by Gasteiger charge is -1.98. The second kappa shape index (κ2) is 5.01. The molecule has 2 aromatic heterocycles. The zero-order chi connectivity index (χ0) is 14.3. The average molecular weight is 323 g/mol. The number of rotatable bonds is 3. The molecule has 100 valence electrons. The Balaban J connectivity index is 2.33. The summed E-state index contributed by atoms with van der Waals surface area (Å²) in [5.41, 5.74) is 0.716. The molecule has 0 spiro atoms. The first kappa shape index (κ1) is 13.3. The number of hydrogen-bond acceptors (Lipinski definition) is 4. The fraction of sp³-hybridized carbons (Fsp3) is 0. The van der Waals surface area contributed by atoms with Gasteiger partial charge in [-0.3, -0.25) is 4.79 Å². The van der Waals surface area contributed by atoms with Crippen molar-refractivity contribution in [1.82, 2.24) is 0 Å². The second-order valence-electron chi connectivity index (χ2n) is 4.07. The van der Waals surface area contributed by atoms with Gasteiger partial charge in [-0.25, -0.2) is 4.79 Å². The molecule has 0 bridgehead atoms. The molecule has 0 radical (unpaired) electrons. The van der Waals surface area contributed by atoms with Crippen molar-refractivity contribution < 1.29 is 14.7 Å². The van der Waals surface area contributed by atoms with E-state index in [1.54, 1.807) is 23.6 Å². The van der Waals surface area contributed by atoms with Crippen LogP contribution in [0.4, 0.5) is 0 Å². The molecule has 0 amide bonds. The number of carbonyl (C=O) groups excluding carboxylic acids is 1. The fourth-order valence-electron chi connectivity index (χ4n) is 2.03. The number of thiophene rings is 2. The Bertz CT molecular complexity index is 832. The molecule has 0 atom stereocenters. The maximum Gasteiger partial charge on any atom is 0.337 e. The number of benzene rings is 1. The number of fused-ring (bicyclic) bond motifs is 1. The third-order valence-corrected chi connectivity index (χ3v) is 5.41. The number of hydrogen-bond donors (Lipinski definition) is 1. The summed E-state index contributed by atoms with van der Waals surface area (Å²) in [6, 6.07) is 6.88. The standard InChI is InChI=1S/C14H7ClO3S2/c15-7-1-2-11-9(5-7)10(6-16)13(20-11)12-8(14(17)18)3-4-19-12/h1-6H,(H,17,18). The number of halogens is 1. The molecule has 3 nitrogen and oxygen atoms in total. The number of carbonyl (C=O) groups is 2. The molecule has 2 heterocycles. The van der Waals surface area contributed by atoms with Gasteiger partial charge in [0.25, 0.3) is 0 Å². The van der Waals surface area contributed by atoms with Crippen molar-refractivity contribution in [2.75, 3.05) is 0 Å². The molecule has 1 N–H and O–H groups in total. The van der Waals surface area contributed by atoms with Crippen molar-refractivity contribution in [2.45, 2.75) is 0 Å². The second-order valence-corrected chi connectivity index (χ2v) is 6.48. The van der Waals surface area contributed by atoms with Gasteiger partial charge >= 0.3 is 5.97 Å². The van der Waals surface area contributed by atoms with Crippen LogP contribution in [0, 0.1) is 0 Å². The molecule has 0 unspecified atom stereocenters. The smallest absolute Gasteiger partial charge is 0.337 e. The minimum absolute atomic E-state index is 0.218. The first-order valence-corrected chi connectivity index (χ1v) is 7.67. The summed E-state index contributed by atoms with van der Waals surface area (Å²) in [5.74, 6) is -0.992. The highest BCUT2D eigenvalue weighted by Crippen LogP contribution is 2.42. The van der Waals surface area contributed by atoms with Crippen LogP contribution in [-0.4, -0.2) is 17.4 Å². The van der Waals surface area contributed by atoms with Gasteiger partial charge in [0.15, 0.2) is 6.29 Å². The lowest BCUT2D eigenvalue weighted by Crippen LogP contribution is -1.95. The zero-order valence-electron chi connectivity index (χ0n) is 9.92. The van der Waals surface area contributed by atoms with Gasteiger partial charge in [-0.05, 0) is 29.6 Å². The van der Waals surface area contributed by atoms with Crippen LogP contribution in [0.5, 0.6) is 0 Å². The quantitative estimate of drug-likeness (QED) is 0.705. The lowest BCUT2D eigenvalue weighted by molar-refractivity contribution is 0.0698. The SMILES string of the molecule is O=Cc1c(-c2sccc2C(=O)O)sc2ccc(Cl)cc12. The Morgan fingerprint density at radius 1 is 1.25 bits per heavy atom. The lowest BCUT2D eigenvalue weighted by atomic mass is 10.1. The summed E-state index contributed by atoms with van der Waals surface area (Å²) < 4.78 is 0.913. The van der Waals surface area contributed by atoms with E-state index >= 15 is 0 Å². The monoisotopic (exact) mass is 322 g/mol. The minimum Gasteiger partial charge on any atom is -0.478 e. The molecule has 3 rings (SSSR count). The van der Waals surface area contributed by atoms with Crippen molar-refractivity contribution in [1.29, 1.82) is 0 Å². The van der Waals surface area contributed by atoms with E-state index in [0.29, 0.717) is 20.3 Å². The van der Waals surface area contributed by atoms with Gasteiger partial charge in [0.2, 0.25) is 0 Å². The molecular weight excluding hydrogens is 316 g/mol. The highest BCUT2D eigenvalue weighted by molar-refractivity contribution is 7.26. The van der Waals surface area contributed by atoms with E-state index in [-0.39, 0.29) is 5.56 Å². The van der Waals surface area contributed by atoms with E-state index in [1.165, 1.54) is 22.7 Å². The average Bonchev–Trinajstić information content (AvgIpc) is 3.01. The van der Waals surface area contributed by atoms with Gasteiger partial charge < -0.3 is 5.11 Å². The number of aromatic carboxylic acids is 1. The fourth-order valence-corrected chi connectivity index (χ4v) is 4.41. The summed E-state index contributed by atoms with van der Waals surface area (Å²) in [4.78, 5) is 23.9. The van der Waals surface area contributed by atoms with Crippen LogP contribution in [0.1, 0.15) is 20.7 Å². The van der Waals surface area contributed by atoms with Gasteiger partial charge in [0, 0.05) is 20.7 Å². The van der Waals surface area contributed by atoms with Gasteiger partial charge in [-0.15, -0.1) is 22.7 Å². The third-order valence-electron chi connectivity index (χ3n) is 2.91. The van der Waals surface area contributed by atoms with E-state index in [9.17, 15) is 14.7 Å². The zero-order valence-corrected chi connectivity index (χ0v) is 12.3. The van der Waals surface area contributed by atoms with Gasteiger partial charge in [-0.1, -0.05) is 11.6 Å². The molecule has 3 aromatic rings. The first-order chi connectivity index (χ1) is 9.61. The molecule has 6 heteroatoms. The Hall–Kier alpha value is -1.69. The Kier molecular flexibility index (Phi) is 3.33. The van der Waals surface area contributed by atoms with Crippen LogP contribution in [0.25, 0.3) is 19.8 Å². The maximum atomic E-state index is 11.4. The molecule has 0 fully saturated rings. The van der Waals surface area contributed by atoms with Gasteiger partial charge in [-0.2, -0.15) is 0 Å². The third kappa shape index (κ3) is 2.04. The summed E-state index contributed by atoms with van der Waals surface area (Å²) in [7, 11) is 0. The highest BCUT2D eigenvalue weighted by Gasteiger charge is 2.20. The minimum atomic E-state index is -0.992. The van der Waals surface area contributed by atoms with Crippen molar-refractivity contribution >= 4 is 56.6 Å². The number of aldehydes is 1. The topological polar surface area (TPSA) is 54.4 Å². The van der Waals surface area contributed by atoms with Crippen LogP contribution >= 0.6 is 34.3 Å². The number of carboxylic acid groups (broad SMARTS) is 1. The highest BCUT2D eigenvalue weighted by atomic mass is 35.5. The van der Waals surface area contributed by atoms with Crippen LogP contribution in [0.3, 0.4) is 0 Å². The van der Waals surface area contributed by atoms with Crippen molar-refractivity contribution in [3.05, 3.63) is 45.8 Å². The molecule has 0 aliphatic carbocycles. The largest absolute Gasteiger partial charge is 0.478 e. The molecule has 0 saturated carbocycles. The number of carboxylic acids is 1. The first-order valence-electron chi connectivity index (χ1n) is 5.60. The van der Waals surface area contributed by atoms with Gasteiger partial charge in [0.05, 0.1) is 15.3 Å². The molecule has 0 saturated heterocycles. The van der Waals surface area contributed by atoms with Crippen LogP contribution in [-0.2, 0) is 0 Å². The van der Waals surface area contributed by atoms with E-state index in [4.69, 9.17) is 11.6 Å². The van der Waals surface area contributed by atoms with E-state index < -0.39 is 5.97 Å². The van der Waals surface area contributed by atoms with Crippen molar-refractivity contribution in [2.24, 2.45) is 0 Å². The molecule has 1 aromatic carbocycles. The Labute approximate surface area is 127 Å². The summed E-state index contributed by atoms with van der Waals surface area (Å²) >= 11 is 8.68. The van der Waals surface area contributed by atoms with Crippen LogP contribution in [0.15, 0.2) is 29.6 Å². The van der Waals surface area contributed by atoms with Crippen molar-refractivity contribution in [3.63, 3.8) is 0 Å². The predicted molar refractivity (Wildman–Crippen MR) is 82.5 cm³/mol. The summed E-state index contributed by atoms with van der Waals surface area (Å²) in [6.07, 6.45) is 0.760. The van der Waals surface area contributed by atoms with E-state index in [1.807, 2.05) is 6.07 Å². The van der Waals surface area contributed by atoms with Crippen LogP contribution < -0.4 is 0 Å². The Morgan fingerprint density at radius 2 is 2.05 bits per heavy atom. The normalized spacial score (nSPS) is 10.8. The summed E-state index contributed by atoms with van der Waals surface area (Å²) in [6.45, 7) is 0. The Morgan fingerprint density at radius 3 is 2.75 bits per heavy atom.